The zero-order valence-corrected chi connectivity index (χ0v) is 11.8. The first-order valence-corrected chi connectivity index (χ1v) is 6.24. The molecule has 20 heavy (non-hydrogen) atoms. The molecule has 2 aromatic carbocycles. The summed E-state index contributed by atoms with van der Waals surface area (Å²) in [6, 6.07) is 10.7. The summed E-state index contributed by atoms with van der Waals surface area (Å²) in [6.45, 7) is 4.06. The standard InChI is InChI=1S/C16H17NO3/c1-10-4-5-12(8-11(10)2)20-13-6-7-15(17)14(9-13)16(18)19-3/h4-9H,17H2,1-3H3. The molecule has 0 heterocycles. The molecule has 0 saturated heterocycles. The van der Waals surface area contributed by atoms with E-state index in [-0.39, 0.29) is 0 Å². The minimum atomic E-state index is -0.479. The van der Waals surface area contributed by atoms with E-state index in [1.54, 1.807) is 18.2 Å². The molecule has 2 aromatic rings. The summed E-state index contributed by atoms with van der Waals surface area (Å²) in [7, 11) is 1.32. The van der Waals surface area contributed by atoms with Crippen LogP contribution in [0.1, 0.15) is 21.5 Å². The SMILES string of the molecule is COC(=O)c1cc(Oc2ccc(C)c(C)c2)ccc1N. The number of carbonyl (C=O) groups is 1. The van der Waals surface area contributed by atoms with E-state index in [1.165, 1.54) is 12.7 Å². The number of benzene rings is 2. The van der Waals surface area contributed by atoms with Crippen molar-refractivity contribution in [2.75, 3.05) is 12.8 Å². The smallest absolute Gasteiger partial charge is 0.340 e. The highest BCUT2D eigenvalue weighted by Crippen LogP contribution is 2.26. The van der Waals surface area contributed by atoms with E-state index in [9.17, 15) is 4.79 Å². The van der Waals surface area contributed by atoms with Gasteiger partial charge in [0.15, 0.2) is 0 Å². The van der Waals surface area contributed by atoms with Gasteiger partial charge in [0.25, 0.3) is 0 Å². The summed E-state index contributed by atoms with van der Waals surface area (Å²) in [5.41, 5.74) is 8.76. The summed E-state index contributed by atoms with van der Waals surface area (Å²) >= 11 is 0. The quantitative estimate of drug-likeness (QED) is 0.686. The zero-order chi connectivity index (χ0) is 14.7. The topological polar surface area (TPSA) is 61.5 Å². The Morgan fingerprint density at radius 1 is 1.00 bits per heavy atom. The molecule has 2 rings (SSSR count). The fourth-order valence-corrected chi connectivity index (χ4v) is 1.80. The molecule has 2 N–H and O–H groups in total. The molecule has 4 heteroatoms. The van der Waals surface area contributed by atoms with Crippen molar-refractivity contribution >= 4 is 11.7 Å². The fourth-order valence-electron chi connectivity index (χ4n) is 1.80. The predicted octanol–water partition coefficient (Wildman–Crippen LogP) is 3.46. The molecule has 104 valence electrons. The number of nitrogens with two attached hydrogens (primary N) is 1. The van der Waals surface area contributed by atoms with Crippen molar-refractivity contribution in [1.82, 2.24) is 0 Å². The molecule has 0 aliphatic carbocycles. The van der Waals surface area contributed by atoms with Gasteiger partial charge >= 0.3 is 5.97 Å². The molecule has 4 nitrogen and oxygen atoms in total. The van der Waals surface area contributed by atoms with Crippen LogP contribution in [0.25, 0.3) is 0 Å². The molecule has 0 fully saturated rings. The van der Waals surface area contributed by atoms with E-state index in [0.29, 0.717) is 22.7 Å². The van der Waals surface area contributed by atoms with E-state index in [1.807, 2.05) is 32.0 Å². The van der Waals surface area contributed by atoms with Crippen LogP contribution in [0.15, 0.2) is 36.4 Å². The van der Waals surface area contributed by atoms with Crippen LogP contribution in [0.3, 0.4) is 0 Å². The maximum absolute atomic E-state index is 11.6. The Balaban J connectivity index is 2.29. The first-order valence-electron chi connectivity index (χ1n) is 6.24. The van der Waals surface area contributed by atoms with Crippen LogP contribution in [0, 0.1) is 13.8 Å². The molecule has 0 radical (unpaired) electrons. The second-order valence-corrected chi connectivity index (χ2v) is 4.59. The third kappa shape index (κ3) is 2.91. The van der Waals surface area contributed by atoms with Crippen molar-refractivity contribution in [3.63, 3.8) is 0 Å². The van der Waals surface area contributed by atoms with Gasteiger partial charge in [0.05, 0.1) is 12.7 Å². The van der Waals surface area contributed by atoms with Gasteiger partial charge in [-0.2, -0.15) is 0 Å². The zero-order valence-electron chi connectivity index (χ0n) is 11.8. The number of hydrogen-bond acceptors (Lipinski definition) is 4. The van der Waals surface area contributed by atoms with E-state index in [2.05, 4.69) is 4.74 Å². The van der Waals surface area contributed by atoms with Gasteiger partial charge in [0.2, 0.25) is 0 Å². The van der Waals surface area contributed by atoms with Crippen LogP contribution >= 0.6 is 0 Å². The van der Waals surface area contributed by atoms with Gasteiger partial charge in [-0.25, -0.2) is 4.79 Å². The maximum Gasteiger partial charge on any atom is 0.340 e. The predicted molar refractivity (Wildman–Crippen MR) is 78.2 cm³/mol. The third-order valence-corrected chi connectivity index (χ3v) is 3.14. The lowest BCUT2D eigenvalue weighted by Gasteiger charge is -2.10. The highest BCUT2D eigenvalue weighted by atomic mass is 16.5. The largest absolute Gasteiger partial charge is 0.465 e. The Morgan fingerprint density at radius 3 is 2.30 bits per heavy atom. The lowest BCUT2D eigenvalue weighted by Crippen LogP contribution is -2.05. The molecule has 0 amide bonds. The van der Waals surface area contributed by atoms with Gasteiger partial charge in [-0.1, -0.05) is 6.07 Å². The Kier molecular flexibility index (Phi) is 3.94. The van der Waals surface area contributed by atoms with Crippen molar-refractivity contribution in [2.45, 2.75) is 13.8 Å². The summed E-state index contributed by atoms with van der Waals surface area (Å²) < 4.78 is 10.4. The molecule has 0 atom stereocenters. The summed E-state index contributed by atoms with van der Waals surface area (Å²) in [4.78, 5) is 11.6. The van der Waals surface area contributed by atoms with Crippen LogP contribution in [0.5, 0.6) is 11.5 Å². The highest BCUT2D eigenvalue weighted by molar-refractivity contribution is 5.95. The van der Waals surface area contributed by atoms with E-state index in [4.69, 9.17) is 10.5 Å². The number of carbonyl (C=O) groups excluding carboxylic acids is 1. The van der Waals surface area contributed by atoms with E-state index < -0.39 is 5.97 Å². The van der Waals surface area contributed by atoms with Crippen molar-refractivity contribution in [1.29, 1.82) is 0 Å². The molecular weight excluding hydrogens is 254 g/mol. The van der Waals surface area contributed by atoms with Crippen molar-refractivity contribution in [3.05, 3.63) is 53.1 Å². The Morgan fingerprint density at radius 2 is 1.65 bits per heavy atom. The molecule has 0 aliphatic heterocycles. The van der Waals surface area contributed by atoms with Crippen LogP contribution in [0.4, 0.5) is 5.69 Å². The van der Waals surface area contributed by atoms with Gasteiger partial charge in [0.1, 0.15) is 11.5 Å². The van der Waals surface area contributed by atoms with E-state index >= 15 is 0 Å². The van der Waals surface area contributed by atoms with Gasteiger partial charge in [-0.3, -0.25) is 0 Å². The van der Waals surface area contributed by atoms with Gasteiger partial charge in [0, 0.05) is 5.69 Å². The fraction of sp³-hybridized carbons (Fsp3) is 0.188. The number of anilines is 1. The summed E-state index contributed by atoms with van der Waals surface area (Å²) in [6.07, 6.45) is 0. The minimum Gasteiger partial charge on any atom is -0.465 e. The minimum absolute atomic E-state index is 0.300. The normalized spacial score (nSPS) is 10.2. The molecule has 0 aromatic heterocycles. The number of aryl methyl sites for hydroxylation is 2. The van der Waals surface area contributed by atoms with Crippen LogP contribution in [-0.2, 0) is 4.74 Å². The Labute approximate surface area is 118 Å². The van der Waals surface area contributed by atoms with Gasteiger partial charge < -0.3 is 15.2 Å². The molecule has 0 spiro atoms. The monoisotopic (exact) mass is 271 g/mol. The maximum atomic E-state index is 11.6. The third-order valence-electron chi connectivity index (χ3n) is 3.14. The Hall–Kier alpha value is -2.49. The number of rotatable bonds is 3. The molecule has 0 bridgehead atoms. The lowest BCUT2D eigenvalue weighted by molar-refractivity contribution is 0.0601. The van der Waals surface area contributed by atoms with Crippen molar-refractivity contribution < 1.29 is 14.3 Å². The average molecular weight is 271 g/mol. The van der Waals surface area contributed by atoms with Gasteiger partial charge in [-0.05, 0) is 55.3 Å². The van der Waals surface area contributed by atoms with Gasteiger partial charge in [-0.15, -0.1) is 0 Å². The number of esters is 1. The number of methoxy groups -OCH3 is 1. The lowest BCUT2D eigenvalue weighted by atomic mass is 10.1. The summed E-state index contributed by atoms with van der Waals surface area (Å²) in [5.74, 6) is 0.782. The number of hydrogen-bond donors (Lipinski definition) is 1. The first kappa shape index (κ1) is 13.9. The second kappa shape index (κ2) is 5.65. The van der Waals surface area contributed by atoms with E-state index in [0.717, 1.165) is 5.56 Å². The van der Waals surface area contributed by atoms with Crippen LogP contribution in [0.2, 0.25) is 0 Å². The summed E-state index contributed by atoms with van der Waals surface area (Å²) in [5, 5.41) is 0. The number of nitrogen functional groups attached to an aromatic ring is 1. The van der Waals surface area contributed by atoms with Crippen LogP contribution < -0.4 is 10.5 Å². The number of ether oxygens (including phenoxy) is 2. The molecular formula is C16H17NO3. The Bertz CT molecular complexity index is 650. The molecule has 0 unspecified atom stereocenters. The highest BCUT2D eigenvalue weighted by Gasteiger charge is 2.11. The van der Waals surface area contributed by atoms with Crippen molar-refractivity contribution in [2.24, 2.45) is 0 Å². The van der Waals surface area contributed by atoms with Crippen LogP contribution in [-0.4, -0.2) is 13.1 Å². The molecule has 0 aliphatic rings. The average Bonchev–Trinajstić information content (AvgIpc) is 2.44. The second-order valence-electron chi connectivity index (χ2n) is 4.59. The molecule has 0 saturated carbocycles. The first-order chi connectivity index (χ1) is 9.51. The van der Waals surface area contributed by atoms with Crippen molar-refractivity contribution in [3.8, 4) is 11.5 Å².